The van der Waals surface area contributed by atoms with Gasteiger partial charge in [-0.1, -0.05) is 18.2 Å². The molecule has 3 amide bonds. The lowest BCUT2D eigenvalue weighted by atomic mass is 10.2. The summed E-state index contributed by atoms with van der Waals surface area (Å²) in [6.45, 7) is -0.248. The number of aromatic nitrogens is 2. The van der Waals surface area contributed by atoms with Gasteiger partial charge in [0, 0.05) is 6.20 Å². The van der Waals surface area contributed by atoms with Gasteiger partial charge in [0.1, 0.15) is 13.1 Å². The Bertz CT molecular complexity index is 692. The Kier molecular flexibility index (Phi) is 3.23. The Morgan fingerprint density at radius 2 is 1.76 bits per heavy atom. The Balaban J connectivity index is 1.81. The number of rotatable bonds is 2. The van der Waals surface area contributed by atoms with Gasteiger partial charge in [0.2, 0.25) is 11.8 Å². The highest BCUT2D eigenvalue weighted by Crippen LogP contribution is 2.10. The first kappa shape index (κ1) is 13.0. The van der Waals surface area contributed by atoms with E-state index in [2.05, 4.69) is 10.4 Å². The molecule has 0 radical (unpaired) electrons. The molecule has 0 aliphatic carbocycles. The second-order valence-corrected chi connectivity index (χ2v) is 4.64. The van der Waals surface area contributed by atoms with E-state index in [4.69, 9.17) is 0 Å². The highest BCUT2D eigenvalue weighted by molar-refractivity contribution is 6.05. The Morgan fingerprint density at radius 1 is 1.10 bits per heavy atom. The fraction of sp³-hybridized carbons (Fsp3) is 0.143. The summed E-state index contributed by atoms with van der Waals surface area (Å²) in [6.07, 6.45) is 3.00. The van der Waals surface area contributed by atoms with Crippen molar-refractivity contribution < 1.29 is 14.4 Å². The maximum atomic E-state index is 12.3. The van der Waals surface area contributed by atoms with Crippen molar-refractivity contribution in [2.45, 2.75) is 0 Å². The summed E-state index contributed by atoms with van der Waals surface area (Å²) < 4.78 is 1.57. The van der Waals surface area contributed by atoms with Crippen LogP contribution in [0.15, 0.2) is 42.7 Å². The number of nitrogens with zero attached hydrogens (tertiary/aromatic N) is 3. The third kappa shape index (κ3) is 2.66. The quantitative estimate of drug-likeness (QED) is 0.785. The van der Waals surface area contributed by atoms with Crippen LogP contribution in [0.5, 0.6) is 0 Å². The minimum absolute atomic E-state index is 0.124. The molecule has 0 unspecified atom stereocenters. The molecule has 0 bridgehead atoms. The molecule has 1 fully saturated rings. The third-order valence-electron chi connectivity index (χ3n) is 3.09. The molecule has 1 saturated heterocycles. The van der Waals surface area contributed by atoms with Crippen molar-refractivity contribution in [1.29, 1.82) is 0 Å². The zero-order chi connectivity index (χ0) is 14.8. The SMILES string of the molecule is O=C1CN(C(=O)c2cnn(-c3ccccc3)c2)CC(=O)N1. The van der Waals surface area contributed by atoms with Crippen LogP contribution in [0.2, 0.25) is 0 Å². The predicted molar refractivity (Wildman–Crippen MR) is 72.6 cm³/mol. The number of carbonyl (C=O) groups is 3. The van der Waals surface area contributed by atoms with Crippen LogP contribution in [0.3, 0.4) is 0 Å². The van der Waals surface area contributed by atoms with Crippen LogP contribution in [-0.2, 0) is 9.59 Å². The normalized spacial score (nSPS) is 15.0. The van der Waals surface area contributed by atoms with E-state index in [0.29, 0.717) is 5.56 Å². The molecular weight excluding hydrogens is 272 g/mol. The van der Waals surface area contributed by atoms with Crippen LogP contribution in [0.1, 0.15) is 10.4 Å². The molecule has 1 aromatic carbocycles. The molecular formula is C14H12N4O3. The van der Waals surface area contributed by atoms with E-state index in [9.17, 15) is 14.4 Å². The maximum Gasteiger partial charge on any atom is 0.257 e. The summed E-state index contributed by atoms with van der Waals surface area (Å²) in [7, 11) is 0. The van der Waals surface area contributed by atoms with Gasteiger partial charge in [0.25, 0.3) is 5.91 Å². The van der Waals surface area contributed by atoms with E-state index in [1.54, 1.807) is 10.9 Å². The molecule has 0 saturated carbocycles. The molecule has 106 valence electrons. The van der Waals surface area contributed by atoms with Crippen LogP contribution in [0, 0.1) is 0 Å². The van der Waals surface area contributed by atoms with Gasteiger partial charge in [-0.2, -0.15) is 5.10 Å². The fourth-order valence-electron chi connectivity index (χ4n) is 2.12. The minimum Gasteiger partial charge on any atom is -0.320 e. The highest BCUT2D eigenvalue weighted by atomic mass is 16.2. The molecule has 7 nitrogen and oxygen atoms in total. The molecule has 0 spiro atoms. The van der Waals surface area contributed by atoms with Crippen molar-refractivity contribution in [2.75, 3.05) is 13.1 Å². The van der Waals surface area contributed by atoms with Crippen molar-refractivity contribution in [1.82, 2.24) is 20.0 Å². The smallest absolute Gasteiger partial charge is 0.257 e. The second kappa shape index (κ2) is 5.20. The van der Waals surface area contributed by atoms with Gasteiger partial charge in [-0.15, -0.1) is 0 Å². The maximum absolute atomic E-state index is 12.3. The summed E-state index contributed by atoms with van der Waals surface area (Å²) in [5, 5.41) is 6.28. The van der Waals surface area contributed by atoms with Crippen molar-refractivity contribution in [3.05, 3.63) is 48.3 Å². The number of nitrogens with one attached hydrogen (secondary N) is 1. The summed E-state index contributed by atoms with van der Waals surface area (Å²) in [4.78, 5) is 36.1. The number of benzene rings is 1. The lowest BCUT2D eigenvalue weighted by molar-refractivity contribution is -0.135. The van der Waals surface area contributed by atoms with Gasteiger partial charge in [-0.05, 0) is 12.1 Å². The number of piperazine rings is 1. The summed E-state index contributed by atoms with van der Waals surface area (Å²) >= 11 is 0. The molecule has 1 aromatic heterocycles. The van der Waals surface area contributed by atoms with Gasteiger partial charge >= 0.3 is 0 Å². The van der Waals surface area contributed by atoms with Crippen LogP contribution in [0.25, 0.3) is 5.69 Å². The minimum atomic E-state index is -0.477. The van der Waals surface area contributed by atoms with Crippen LogP contribution in [-0.4, -0.2) is 45.5 Å². The fourth-order valence-corrected chi connectivity index (χ4v) is 2.12. The van der Waals surface area contributed by atoms with E-state index in [1.165, 1.54) is 11.1 Å². The first-order chi connectivity index (χ1) is 10.1. The van der Waals surface area contributed by atoms with Gasteiger partial charge in [0.05, 0.1) is 17.4 Å². The largest absolute Gasteiger partial charge is 0.320 e. The van der Waals surface area contributed by atoms with Crippen molar-refractivity contribution in [3.63, 3.8) is 0 Å². The third-order valence-corrected chi connectivity index (χ3v) is 3.09. The molecule has 2 heterocycles. The zero-order valence-electron chi connectivity index (χ0n) is 11.0. The molecule has 2 aromatic rings. The monoisotopic (exact) mass is 284 g/mol. The molecule has 0 atom stereocenters. The van der Waals surface area contributed by atoms with Crippen LogP contribution < -0.4 is 5.32 Å². The predicted octanol–water partition coefficient (Wildman–Crippen LogP) is -0.0291. The Morgan fingerprint density at radius 3 is 2.43 bits per heavy atom. The average molecular weight is 284 g/mol. The van der Waals surface area contributed by atoms with Crippen molar-refractivity contribution >= 4 is 17.7 Å². The van der Waals surface area contributed by atoms with E-state index in [-0.39, 0.29) is 19.0 Å². The molecule has 1 N–H and O–H groups in total. The topological polar surface area (TPSA) is 84.3 Å². The Hall–Kier alpha value is -2.96. The van der Waals surface area contributed by atoms with Crippen molar-refractivity contribution in [3.8, 4) is 5.69 Å². The van der Waals surface area contributed by atoms with Crippen molar-refractivity contribution in [2.24, 2.45) is 0 Å². The molecule has 21 heavy (non-hydrogen) atoms. The summed E-state index contributed by atoms with van der Waals surface area (Å²) in [5.41, 5.74) is 1.16. The number of para-hydroxylation sites is 1. The molecule has 7 heteroatoms. The molecule has 1 aliphatic rings. The van der Waals surface area contributed by atoms with Crippen LogP contribution >= 0.6 is 0 Å². The van der Waals surface area contributed by atoms with Gasteiger partial charge in [0.15, 0.2) is 0 Å². The van der Waals surface area contributed by atoms with E-state index >= 15 is 0 Å². The molecule has 3 rings (SSSR count). The van der Waals surface area contributed by atoms with E-state index < -0.39 is 11.8 Å². The number of hydrogen-bond acceptors (Lipinski definition) is 4. The van der Waals surface area contributed by atoms with Gasteiger partial charge in [-0.3, -0.25) is 19.7 Å². The average Bonchev–Trinajstić information content (AvgIpc) is 2.96. The first-order valence-corrected chi connectivity index (χ1v) is 6.35. The Labute approximate surface area is 120 Å². The van der Waals surface area contributed by atoms with Gasteiger partial charge < -0.3 is 4.90 Å². The number of imide groups is 1. The standard InChI is InChI=1S/C14H12N4O3/c19-12-8-17(9-13(20)16-12)14(21)10-6-15-18(7-10)11-4-2-1-3-5-11/h1-7H,8-9H2,(H,16,19,20). The van der Waals surface area contributed by atoms with E-state index in [1.807, 2.05) is 30.3 Å². The lowest BCUT2D eigenvalue weighted by Gasteiger charge is -2.24. The number of carbonyl (C=O) groups excluding carboxylic acids is 3. The number of hydrogen-bond donors (Lipinski definition) is 1. The lowest BCUT2D eigenvalue weighted by Crippen LogP contribution is -2.53. The van der Waals surface area contributed by atoms with Crippen LogP contribution in [0.4, 0.5) is 0 Å². The van der Waals surface area contributed by atoms with Gasteiger partial charge in [-0.25, -0.2) is 4.68 Å². The first-order valence-electron chi connectivity index (χ1n) is 6.35. The highest BCUT2D eigenvalue weighted by Gasteiger charge is 2.27. The zero-order valence-corrected chi connectivity index (χ0v) is 11.0. The second-order valence-electron chi connectivity index (χ2n) is 4.64. The van der Waals surface area contributed by atoms with E-state index in [0.717, 1.165) is 5.69 Å². The number of amides is 3. The summed E-state index contributed by atoms with van der Waals surface area (Å²) in [5.74, 6) is -1.34. The summed E-state index contributed by atoms with van der Waals surface area (Å²) in [6, 6.07) is 9.34. The molecule has 1 aliphatic heterocycles.